The van der Waals surface area contributed by atoms with Crippen molar-refractivity contribution < 1.29 is 5.11 Å². The Morgan fingerprint density at radius 1 is 0.939 bits per heavy atom. The molecule has 0 unspecified atom stereocenters. The molecule has 2 fully saturated rings. The number of hydrogen-bond acceptors (Lipinski definition) is 1. The van der Waals surface area contributed by atoms with Crippen molar-refractivity contribution in [3.63, 3.8) is 0 Å². The van der Waals surface area contributed by atoms with Gasteiger partial charge in [-0.2, -0.15) is 0 Å². The van der Waals surface area contributed by atoms with Crippen molar-refractivity contribution in [2.24, 2.45) is 45.3 Å². The molecule has 188 valence electrons. The summed E-state index contributed by atoms with van der Waals surface area (Å²) in [5.74, 6) is 2.98. The lowest BCUT2D eigenvalue weighted by molar-refractivity contribution is -0.0962. The molecular weight excluding hydrogens is 400 g/mol. The van der Waals surface area contributed by atoms with Gasteiger partial charge in [-0.05, 0) is 116 Å². The molecule has 4 rings (SSSR count). The second-order valence-corrected chi connectivity index (χ2v) is 14.3. The van der Waals surface area contributed by atoms with Crippen molar-refractivity contribution >= 4 is 0 Å². The lowest BCUT2D eigenvalue weighted by Gasteiger charge is -2.62. The first kappa shape index (κ1) is 25.5. The van der Waals surface area contributed by atoms with Gasteiger partial charge in [0.1, 0.15) is 0 Å². The summed E-state index contributed by atoms with van der Waals surface area (Å²) in [6.45, 7) is 22.2. The van der Waals surface area contributed by atoms with Gasteiger partial charge < -0.3 is 5.11 Å². The highest BCUT2D eigenvalue weighted by Gasteiger charge is 2.63. The summed E-state index contributed by atoms with van der Waals surface area (Å²) in [5, 5.41) is 10.8. The standard InChI is InChI=1S/C32H54O/c1-10-23(21(2)3)12-11-22(4)24-15-19-32(9)26-13-14-27-29(5,6)28(33)17-18-30(27,7)25(26)16-20-31(24,32)8/h10,21-22,24,27-28,33H,11-20H2,1-9H3/b23-10+/t22-,24-,27+,28+,30-,31-,32+/m1/s1. The quantitative estimate of drug-likeness (QED) is 0.411. The lowest BCUT2D eigenvalue weighted by Crippen LogP contribution is -2.55. The molecule has 0 aliphatic heterocycles. The van der Waals surface area contributed by atoms with Gasteiger partial charge in [0, 0.05) is 0 Å². The van der Waals surface area contributed by atoms with Crippen LogP contribution >= 0.6 is 0 Å². The highest BCUT2D eigenvalue weighted by molar-refractivity contribution is 5.38. The number of allylic oxidation sites excluding steroid dienone is 4. The first-order chi connectivity index (χ1) is 15.3. The minimum absolute atomic E-state index is 0.0425. The van der Waals surface area contributed by atoms with Crippen LogP contribution in [-0.4, -0.2) is 11.2 Å². The minimum atomic E-state index is -0.133. The van der Waals surface area contributed by atoms with Crippen LogP contribution in [0.1, 0.15) is 127 Å². The smallest absolute Gasteiger partial charge is 0.0594 e. The third-order valence-electron chi connectivity index (χ3n) is 12.5. The van der Waals surface area contributed by atoms with Gasteiger partial charge in [0.05, 0.1) is 6.10 Å². The van der Waals surface area contributed by atoms with Crippen LogP contribution < -0.4 is 0 Å². The molecule has 0 aromatic rings. The molecule has 1 N–H and O–H groups in total. The van der Waals surface area contributed by atoms with Gasteiger partial charge in [-0.1, -0.05) is 78.2 Å². The largest absolute Gasteiger partial charge is 0.393 e. The maximum atomic E-state index is 10.8. The van der Waals surface area contributed by atoms with Gasteiger partial charge >= 0.3 is 0 Å². The van der Waals surface area contributed by atoms with E-state index in [2.05, 4.69) is 68.4 Å². The van der Waals surface area contributed by atoms with Crippen LogP contribution in [0.25, 0.3) is 0 Å². The first-order valence-corrected chi connectivity index (χ1v) is 14.4. The summed E-state index contributed by atoms with van der Waals surface area (Å²) in [5.41, 5.74) is 6.57. The second-order valence-electron chi connectivity index (χ2n) is 14.3. The van der Waals surface area contributed by atoms with Gasteiger partial charge in [0.2, 0.25) is 0 Å². The molecule has 4 aliphatic carbocycles. The molecule has 0 aromatic carbocycles. The third-order valence-corrected chi connectivity index (χ3v) is 12.5. The van der Waals surface area contributed by atoms with Crippen molar-refractivity contribution in [1.82, 2.24) is 0 Å². The fourth-order valence-corrected chi connectivity index (χ4v) is 9.99. The normalized spacial score (nSPS) is 43.8. The van der Waals surface area contributed by atoms with E-state index in [0.717, 1.165) is 18.3 Å². The Labute approximate surface area is 205 Å². The Bertz CT molecular complexity index is 814. The molecule has 0 aromatic heterocycles. The van der Waals surface area contributed by atoms with Crippen LogP contribution in [0.4, 0.5) is 0 Å². The van der Waals surface area contributed by atoms with Crippen molar-refractivity contribution in [2.45, 2.75) is 133 Å². The average Bonchev–Trinajstić information content (AvgIpc) is 3.03. The Hall–Kier alpha value is -0.560. The molecule has 2 saturated carbocycles. The first-order valence-electron chi connectivity index (χ1n) is 14.4. The Morgan fingerprint density at radius 2 is 1.64 bits per heavy atom. The van der Waals surface area contributed by atoms with E-state index in [1.807, 2.05) is 11.1 Å². The van der Waals surface area contributed by atoms with E-state index >= 15 is 0 Å². The highest BCUT2D eigenvalue weighted by atomic mass is 16.3. The predicted octanol–water partition coefficient (Wildman–Crippen LogP) is 9.12. The number of aliphatic hydroxyl groups is 1. The molecule has 0 bridgehead atoms. The zero-order valence-electron chi connectivity index (χ0n) is 23.5. The molecule has 0 spiro atoms. The highest BCUT2D eigenvalue weighted by Crippen LogP contribution is 2.72. The molecule has 0 heterocycles. The van der Waals surface area contributed by atoms with Gasteiger partial charge in [0.15, 0.2) is 0 Å². The Balaban J connectivity index is 1.61. The van der Waals surface area contributed by atoms with Crippen molar-refractivity contribution in [3.8, 4) is 0 Å². The fraction of sp³-hybridized carbons (Fsp3) is 0.875. The van der Waals surface area contributed by atoms with E-state index in [4.69, 9.17) is 0 Å². The zero-order valence-corrected chi connectivity index (χ0v) is 23.5. The van der Waals surface area contributed by atoms with Crippen molar-refractivity contribution in [1.29, 1.82) is 0 Å². The third kappa shape index (κ3) is 3.65. The number of aliphatic hydroxyl groups excluding tert-OH is 1. The lowest BCUT2D eigenvalue weighted by atomic mass is 9.43. The Kier molecular flexibility index (Phi) is 6.60. The van der Waals surface area contributed by atoms with Crippen LogP contribution in [0, 0.1) is 45.3 Å². The van der Waals surface area contributed by atoms with Gasteiger partial charge in [-0.15, -0.1) is 0 Å². The van der Waals surface area contributed by atoms with Crippen LogP contribution in [0.2, 0.25) is 0 Å². The number of rotatable bonds is 5. The van der Waals surface area contributed by atoms with E-state index in [0.29, 0.717) is 28.1 Å². The van der Waals surface area contributed by atoms with Crippen LogP contribution in [0.3, 0.4) is 0 Å². The summed E-state index contributed by atoms with van der Waals surface area (Å²) >= 11 is 0. The second kappa shape index (κ2) is 8.53. The zero-order chi connectivity index (χ0) is 24.4. The minimum Gasteiger partial charge on any atom is -0.393 e. The van der Waals surface area contributed by atoms with E-state index < -0.39 is 0 Å². The van der Waals surface area contributed by atoms with E-state index in [9.17, 15) is 5.11 Å². The van der Waals surface area contributed by atoms with Crippen LogP contribution in [0.5, 0.6) is 0 Å². The van der Waals surface area contributed by atoms with Gasteiger partial charge in [-0.3, -0.25) is 0 Å². The maximum absolute atomic E-state index is 10.8. The molecule has 1 heteroatoms. The number of fused-ring (bicyclic) bond motifs is 4. The van der Waals surface area contributed by atoms with Crippen molar-refractivity contribution in [2.75, 3.05) is 0 Å². The molecule has 0 amide bonds. The summed E-state index contributed by atoms with van der Waals surface area (Å²) < 4.78 is 0. The molecular formula is C32H54O. The maximum Gasteiger partial charge on any atom is 0.0594 e. The molecule has 0 saturated heterocycles. The molecule has 4 aliphatic rings. The SMILES string of the molecule is C/C=C(\CC[C@@H](C)[C@H]1CC[C@@]2(C)C3=C(CC[C@]12C)[C@@]1(C)CC[C@H](O)C(C)(C)[C@@H]1CC3)C(C)C. The topological polar surface area (TPSA) is 20.2 Å². The average molecular weight is 455 g/mol. The summed E-state index contributed by atoms with van der Waals surface area (Å²) in [7, 11) is 0. The number of hydrogen-bond donors (Lipinski definition) is 1. The summed E-state index contributed by atoms with van der Waals surface area (Å²) in [6.07, 6.45) is 15.1. The Morgan fingerprint density at radius 3 is 2.27 bits per heavy atom. The predicted molar refractivity (Wildman–Crippen MR) is 142 cm³/mol. The molecule has 33 heavy (non-hydrogen) atoms. The van der Waals surface area contributed by atoms with E-state index in [-0.39, 0.29) is 11.5 Å². The fourth-order valence-electron chi connectivity index (χ4n) is 9.99. The molecule has 7 atom stereocenters. The van der Waals surface area contributed by atoms with Crippen molar-refractivity contribution in [3.05, 3.63) is 22.8 Å². The monoisotopic (exact) mass is 454 g/mol. The van der Waals surface area contributed by atoms with E-state index in [1.165, 1.54) is 57.8 Å². The summed E-state index contributed by atoms with van der Waals surface area (Å²) in [6, 6.07) is 0. The van der Waals surface area contributed by atoms with Crippen LogP contribution in [-0.2, 0) is 0 Å². The molecule has 1 nitrogen and oxygen atoms in total. The van der Waals surface area contributed by atoms with E-state index in [1.54, 1.807) is 5.57 Å². The molecule has 0 radical (unpaired) electrons. The van der Waals surface area contributed by atoms with Gasteiger partial charge in [-0.25, -0.2) is 0 Å². The van der Waals surface area contributed by atoms with Crippen LogP contribution in [0.15, 0.2) is 22.8 Å². The van der Waals surface area contributed by atoms with Gasteiger partial charge in [0.25, 0.3) is 0 Å². The summed E-state index contributed by atoms with van der Waals surface area (Å²) in [4.78, 5) is 0.